The van der Waals surface area contributed by atoms with Gasteiger partial charge in [-0.15, -0.1) is 0 Å². The molecule has 0 amide bonds. The number of nitrogens with zero attached hydrogens (tertiary/aromatic N) is 1. The first-order chi connectivity index (χ1) is 10.2. The molecule has 1 aliphatic carbocycles. The minimum Gasteiger partial charge on any atom is -0.469 e. The smallest absolute Gasteiger partial charge is 0.306 e. The van der Waals surface area contributed by atoms with Crippen molar-refractivity contribution in [1.29, 1.82) is 0 Å². The van der Waals surface area contributed by atoms with E-state index in [1.54, 1.807) is 0 Å². The number of hydrogen-bond acceptors (Lipinski definition) is 5. The number of hydrogen-bond donors (Lipinski definition) is 1. The summed E-state index contributed by atoms with van der Waals surface area (Å²) in [6.07, 6.45) is 5.76. The summed E-state index contributed by atoms with van der Waals surface area (Å²) in [6.45, 7) is 3.09. The van der Waals surface area contributed by atoms with E-state index in [4.69, 9.17) is 4.74 Å². The molecule has 0 spiro atoms. The van der Waals surface area contributed by atoms with Crippen molar-refractivity contribution >= 4 is 23.5 Å². The summed E-state index contributed by atoms with van der Waals surface area (Å²) in [5.41, 5.74) is 1.43. The van der Waals surface area contributed by atoms with Crippen LogP contribution in [0.2, 0.25) is 0 Å². The topological polar surface area (TPSA) is 51.2 Å². The molecule has 1 saturated carbocycles. The summed E-state index contributed by atoms with van der Waals surface area (Å²) in [7, 11) is 1.47. The van der Waals surface area contributed by atoms with Crippen molar-refractivity contribution in [2.75, 3.05) is 24.7 Å². The fourth-order valence-corrected chi connectivity index (χ4v) is 3.64. The Morgan fingerprint density at radius 2 is 2.33 bits per heavy atom. The Kier molecular flexibility index (Phi) is 5.91. The normalized spacial score (nSPS) is 15.5. The number of ether oxygens (including phenoxy) is 1. The molecule has 1 aliphatic rings. The molecule has 1 aromatic rings. The SMILES string of the molecule is CCCNc1ncccc1CSCC1(CC(=O)OC)CC1. The van der Waals surface area contributed by atoms with Gasteiger partial charge in [-0.3, -0.25) is 4.79 Å². The van der Waals surface area contributed by atoms with E-state index in [-0.39, 0.29) is 11.4 Å². The predicted octanol–water partition coefficient (Wildman–Crippen LogP) is 3.48. The van der Waals surface area contributed by atoms with Gasteiger partial charge in [0, 0.05) is 24.1 Å². The fraction of sp³-hybridized carbons (Fsp3) is 0.625. The molecule has 0 aromatic carbocycles. The van der Waals surface area contributed by atoms with Gasteiger partial charge < -0.3 is 10.1 Å². The van der Waals surface area contributed by atoms with Crippen molar-refractivity contribution in [3.8, 4) is 0 Å². The molecule has 1 N–H and O–H groups in total. The van der Waals surface area contributed by atoms with Gasteiger partial charge in [0.25, 0.3) is 0 Å². The van der Waals surface area contributed by atoms with Crippen molar-refractivity contribution in [2.24, 2.45) is 5.41 Å². The molecule has 21 heavy (non-hydrogen) atoms. The zero-order valence-electron chi connectivity index (χ0n) is 12.9. The molecule has 0 atom stereocenters. The monoisotopic (exact) mass is 308 g/mol. The maximum atomic E-state index is 11.4. The third-order valence-corrected chi connectivity index (χ3v) is 5.14. The number of aromatic nitrogens is 1. The number of carbonyl (C=O) groups is 1. The Bertz CT molecular complexity index is 475. The average molecular weight is 308 g/mol. The number of nitrogens with one attached hydrogen (secondary N) is 1. The fourth-order valence-electron chi connectivity index (χ4n) is 2.26. The summed E-state index contributed by atoms with van der Waals surface area (Å²) >= 11 is 1.89. The first-order valence-electron chi connectivity index (χ1n) is 7.51. The minimum atomic E-state index is -0.0835. The van der Waals surface area contributed by atoms with Crippen LogP contribution in [-0.4, -0.2) is 30.4 Å². The number of pyridine rings is 1. The van der Waals surface area contributed by atoms with Crippen molar-refractivity contribution in [3.05, 3.63) is 23.9 Å². The molecule has 5 heteroatoms. The largest absolute Gasteiger partial charge is 0.469 e. The van der Waals surface area contributed by atoms with Gasteiger partial charge in [0.2, 0.25) is 0 Å². The lowest BCUT2D eigenvalue weighted by Crippen LogP contribution is -2.13. The number of methoxy groups -OCH3 is 1. The third kappa shape index (κ3) is 4.92. The van der Waals surface area contributed by atoms with E-state index in [0.29, 0.717) is 6.42 Å². The van der Waals surface area contributed by atoms with Crippen molar-refractivity contribution < 1.29 is 9.53 Å². The van der Waals surface area contributed by atoms with Gasteiger partial charge in [0.05, 0.1) is 13.5 Å². The van der Waals surface area contributed by atoms with Gasteiger partial charge in [-0.2, -0.15) is 11.8 Å². The Balaban J connectivity index is 1.82. The lowest BCUT2D eigenvalue weighted by molar-refractivity contribution is -0.141. The van der Waals surface area contributed by atoms with E-state index in [0.717, 1.165) is 43.1 Å². The van der Waals surface area contributed by atoms with E-state index in [1.807, 2.05) is 24.0 Å². The molecule has 0 saturated heterocycles. The van der Waals surface area contributed by atoms with Crippen molar-refractivity contribution in [3.63, 3.8) is 0 Å². The molecule has 0 unspecified atom stereocenters. The first-order valence-corrected chi connectivity index (χ1v) is 8.67. The number of esters is 1. The van der Waals surface area contributed by atoms with E-state index in [1.165, 1.54) is 12.7 Å². The van der Waals surface area contributed by atoms with Crippen LogP contribution < -0.4 is 5.32 Å². The van der Waals surface area contributed by atoms with E-state index in [9.17, 15) is 4.79 Å². The standard InChI is InChI=1S/C16H24N2O2S/c1-3-8-17-15-13(5-4-9-18-15)11-21-12-16(6-7-16)10-14(19)20-2/h4-5,9H,3,6-8,10-12H2,1-2H3,(H,17,18). The maximum absolute atomic E-state index is 11.4. The predicted molar refractivity (Wildman–Crippen MR) is 87.5 cm³/mol. The highest BCUT2D eigenvalue weighted by Crippen LogP contribution is 2.51. The van der Waals surface area contributed by atoms with Gasteiger partial charge in [-0.25, -0.2) is 4.98 Å². The number of anilines is 1. The van der Waals surface area contributed by atoms with Gasteiger partial charge in [0.15, 0.2) is 0 Å². The maximum Gasteiger partial charge on any atom is 0.306 e. The quantitative estimate of drug-likeness (QED) is 0.708. The number of carbonyl (C=O) groups excluding carboxylic acids is 1. The summed E-state index contributed by atoms with van der Waals surface area (Å²) in [6, 6.07) is 4.10. The Labute approximate surface area is 131 Å². The second-order valence-corrected chi connectivity index (χ2v) is 6.67. The van der Waals surface area contributed by atoms with Gasteiger partial charge >= 0.3 is 5.97 Å². The van der Waals surface area contributed by atoms with E-state index >= 15 is 0 Å². The summed E-state index contributed by atoms with van der Waals surface area (Å²) < 4.78 is 4.79. The highest BCUT2D eigenvalue weighted by atomic mass is 32.2. The second kappa shape index (κ2) is 7.69. The zero-order valence-corrected chi connectivity index (χ0v) is 13.7. The Morgan fingerprint density at radius 3 is 3.00 bits per heavy atom. The molecular weight excluding hydrogens is 284 g/mol. The minimum absolute atomic E-state index is 0.0835. The van der Waals surface area contributed by atoms with Crippen LogP contribution in [-0.2, 0) is 15.3 Å². The Hall–Kier alpha value is -1.23. The third-order valence-electron chi connectivity index (χ3n) is 3.80. The van der Waals surface area contributed by atoms with Crippen LogP contribution in [0.1, 0.15) is 38.2 Å². The molecule has 0 bridgehead atoms. The molecule has 116 valence electrons. The summed E-state index contributed by atoms with van der Waals surface area (Å²) in [5.74, 6) is 2.86. The highest BCUT2D eigenvalue weighted by Gasteiger charge is 2.44. The van der Waals surface area contributed by atoms with Crippen LogP contribution >= 0.6 is 11.8 Å². The van der Waals surface area contributed by atoms with Crippen LogP contribution in [0.3, 0.4) is 0 Å². The van der Waals surface area contributed by atoms with Crippen LogP contribution in [0.25, 0.3) is 0 Å². The molecule has 0 aliphatic heterocycles. The van der Waals surface area contributed by atoms with Crippen LogP contribution in [0, 0.1) is 5.41 Å². The van der Waals surface area contributed by atoms with Gasteiger partial charge in [-0.05, 0) is 36.5 Å². The van der Waals surface area contributed by atoms with E-state index in [2.05, 4.69) is 23.3 Å². The molecule has 0 radical (unpaired) electrons. The van der Waals surface area contributed by atoms with E-state index < -0.39 is 0 Å². The lowest BCUT2D eigenvalue weighted by Gasteiger charge is -2.14. The van der Waals surface area contributed by atoms with Gasteiger partial charge in [0.1, 0.15) is 5.82 Å². The molecule has 2 rings (SSSR count). The first kappa shape index (κ1) is 16.1. The highest BCUT2D eigenvalue weighted by molar-refractivity contribution is 7.98. The molecule has 1 heterocycles. The van der Waals surface area contributed by atoms with Crippen molar-refractivity contribution in [1.82, 2.24) is 4.98 Å². The van der Waals surface area contributed by atoms with Crippen molar-refractivity contribution in [2.45, 2.75) is 38.4 Å². The second-order valence-electron chi connectivity index (χ2n) is 5.68. The molecular formula is C16H24N2O2S. The summed E-state index contributed by atoms with van der Waals surface area (Å²) in [4.78, 5) is 15.8. The summed E-state index contributed by atoms with van der Waals surface area (Å²) in [5, 5.41) is 3.37. The van der Waals surface area contributed by atoms with Crippen LogP contribution in [0.4, 0.5) is 5.82 Å². The van der Waals surface area contributed by atoms with Crippen LogP contribution in [0.5, 0.6) is 0 Å². The lowest BCUT2D eigenvalue weighted by atomic mass is 10.1. The zero-order chi connectivity index (χ0) is 15.1. The molecule has 4 nitrogen and oxygen atoms in total. The van der Waals surface area contributed by atoms with Gasteiger partial charge in [-0.1, -0.05) is 13.0 Å². The molecule has 1 fully saturated rings. The molecule has 1 aromatic heterocycles. The number of rotatable bonds is 9. The number of thioether (sulfide) groups is 1. The van der Waals surface area contributed by atoms with Crippen LogP contribution in [0.15, 0.2) is 18.3 Å². The Morgan fingerprint density at radius 1 is 1.52 bits per heavy atom. The average Bonchev–Trinajstić information content (AvgIpc) is 3.25.